The van der Waals surface area contributed by atoms with E-state index in [1.807, 2.05) is 30.3 Å². The monoisotopic (exact) mass is 319 g/mol. The van der Waals surface area contributed by atoms with Crippen LogP contribution in [0.1, 0.15) is 17.4 Å². The summed E-state index contributed by atoms with van der Waals surface area (Å²) in [5.74, 6) is -0.465. The first kappa shape index (κ1) is 14.2. The third-order valence-corrected chi connectivity index (χ3v) is 4.17. The van der Waals surface area contributed by atoms with Crippen LogP contribution in [-0.4, -0.2) is 10.1 Å². The van der Waals surface area contributed by atoms with Gasteiger partial charge in [-0.15, -0.1) is 11.3 Å². The highest BCUT2D eigenvalue weighted by atomic mass is 35.5. The topological polar surface area (TPSA) is 33.1 Å². The maximum Gasteiger partial charge on any atom is 0.183 e. The first-order valence-corrected chi connectivity index (χ1v) is 7.55. The van der Waals surface area contributed by atoms with Gasteiger partial charge in [-0.2, -0.15) is 0 Å². The van der Waals surface area contributed by atoms with Crippen LogP contribution in [0.2, 0.25) is 4.47 Å². The highest BCUT2D eigenvalue weighted by Gasteiger charge is 2.18. The molecule has 1 unspecified atom stereocenters. The van der Waals surface area contributed by atoms with Gasteiger partial charge >= 0.3 is 0 Å². The summed E-state index contributed by atoms with van der Waals surface area (Å²) in [6.45, 7) is 0. The number of nitrogens with zero attached hydrogens (tertiary/aromatic N) is 1. The Morgan fingerprint density at radius 1 is 1.10 bits per heavy atom. The number of aromatic nitrogens is 1. The Kier molecular flexibility index (Phi) is 4.01. The maximum absolute atomic E-state index is 14.3. The van der Waals surface area contributed by atoms with Crippen molar-refractivity contribution in [3.63, 3.8) is 0 Å². The van der Waals surface area contributed by atoms with Crippen molar-refractivity contribution in [2.75, 3.05) is 0 Å². The zero-order chi connectivity index (χ0) is 14.8. The molecule has 5 heteroatoms. The minimum atomic E-state index is -1.11. The Hall–Kier alpha value is -1.75. The fourth-order valence-corrected chi connectivity index (χ4v) is 2.90. The van der Waals surface area contributed by atoms with Gasteiger partial charge in [0.2, 0.25) is 0 Å². The molecule has 0 radical (unpaired) electrons. The van der Waals surface area contributed by atoms with Gasteiger partial charge < -0.3 is 5.11 Å². The van der Waals surface area contributed by atoms with Gasteiger partial charge in [0.1, 0.15) is 11.9 Å². The summed E-state index contributed by atoms with van der Waals surface area (Å²) < 4.78 is 14.6. The molecular formula is C16H11ClFNOS. The summed E-state index contributed by atoms with van der Waals surface area (Å²) in [6, 6.07) is 14.3. The summed E-state index contributed by atoms with van der Waals surface area (Å²) in [7, 11) is 0. The highest BCUT2D eigenvalue weighted by Crippen LogP contribution is 2.29. The number of benzene rings is 2. The first-order chi connectivity index (χ1) is 10.1. The molecule has 0 aliphatic heterocycles. The van der Waals surface area contributed by atoms with Gasteiger partial charge in [0, 0.05) is 10.9 Å². The molecule has 0 saturated carbocycles. The molecular weight excluding hydrogens is 309 g/mol. The smallest absolute Gasteiger partial charge is 0.183 e. The van der Waals surface area contributed by atoms with E-state index in [0.29, 0.717) is 10.2 Å². The van der Waals surface area contributed by atoms with Gasteiger partial charge in [0.15, 0.2) is 4.47 Å². The number of hydrogen-bond acceptors (Lipinski definition) is 3. The summed E-state index contributed by atoms with van der Waals surface area (Å²) in [5, 5.41) is 11.8. The second-order valence-corrected chi connectivity index (χ2v) is 5.97. The van der Waals surface area contributed by atoms with Gasteiger partial charge in [-0.05, 0) is 17.2 Å². The summed E-state index contributed by atoms with van der Waals surface area (Å²) in [4.78, 5) is 3.98. The molecule has 0 amide bonds. The molecule has 0 spiro atoms. The zero-order valence-corrected chi connectivity index (χ0v) is 12.4. The van der Waals surface area contributed by atoms with Crippen molar-refractivity contribution < 1.29 is 9.50 Å². The maximum atomic E-state index is 14.3. The van der Waals surface area contributed by atoms with Gasteiger partial charge in [-0.3, -0.25) is 0 Å². The molecule has 1 aromatic heterocycles. The molecule has 2 aromatic carbocycles. The van der Waals surface area contributed by atoms with Crippen molar-refractivity contribution >= 4 is 22.9 Å². The van der Waals surface area contributed by atoms with E-state index >= 15 is 0 Å². The van der Waals surface area contributed by atoms with Crippen molar-refractivity contribution in [2.24, 2.45) is 0 Å². The van der Waals surface area contributed by atoms with Crippen molar-refractivity contribution in [1.29, 1.82) is 0 Å². The third-order valence-electron chi connectivity index (χ3n) is 3.18. The van der Waals surface area contributed by atoms with E-state index in [1.165, 1.54) is 17.4 Å². The number of thiazole rings is 1. The lowest BCUT2D eigenvalue weighted by Gasteiger charge is -2.11. The van der Waals surface area contributed by atoms with Crippen LogP contribution in [0.4, 0.5) is 4.39 Å². The third kappa shape index (κ3) is 2.97. The molecule has 1 heterocycles. The predicted octanol–water partition coefficient (Wildman–Crippen LogP) is 4.68. The molecule has 3 aromatic rings. The SMILES string of the molecule is OC(c1csc(Cl)n1)c1ccc(-c2ccccc2)cc1F. The standard InChI is InChI=1S/C16H11ClFNOS/c17-16-19-14(9-21-16)15(20)12-7-6-11(8-13(12)18)10-4-2-1-3-5-10/h1-9,15,20H. The van der Waals surface area contributed by atoms with Crippen LogP contribution in [0.25, 0.3) is 11.1 Å². The Morgan fingerprint density at radius 3 is 2.48 bits per heavy atom. The number of hydrogen-bond donors (Lipinski definition) is 1. The van der Waals surface area contributed by atoms with E-state index in [1.54, 1.807) is 17.5 Å². The molecule has 2 nitrogen and oxygen atoms in total. The Labute approximate surface area is 130 Å². The molecule has 1 atom stereocenters. The highest BCUT2D eigenvalue weighted by molar-refractivity contribution is 7.13. The van der Waals surface area contributed by atoms with Gasteiger partial charge in [-0.1, -0.05) is 54.1 Å². The summed E-state index contributed by atoms with van der Waals surface area (Å²) in [6.07, 6.45) is -1.11. The quantitative estimate of drug-likeness (QED) is 0.760. The van der Waals surface area contributed by atoms with Crippen LogP contribution in [0.3, 0.4) is 0 Å². The van der Waals surface area contributed by atoms with Crippen molar-refractivity contribution in [2.45, 2.75) is 6.10 Å². The second kappa shape index (κ2) is 5.93. The van der Waals surface area contributed by atoms with Crippen molar-refractivity contribution in [3.05, 3.63) is 75.5 Å². The van der Waals surface area contributed by atoms with Crippen LogP contribution in [0.5, 0.6) is 0 Å². The van der Waals surface area contributed by atoms with E-state index in [4.69, 9.17) is 11.6 Å². The lowest BCUT2D eigenvalue weighted by atomic mass is 10.0. The van der Waals surface area contributed by atoms with Crippen LogP contribution in [0, 0.1) is 5.82 Å². The molecule has 0 bridgehead atoms. The van der Waals surface area contributed by atoms with E-state index in [0.717, 1.165) is 11.1 Å². The number of rotatable bonds is 3. The molecule has 0 aliphatic rings. The van der Waals surface area contributed by atoms with E-state index < -0.39 is 11.9 Å². The normalized spacial score (nSPS) is 12.3. The average Bonchev–Trinajstić information content (AvgIpc) is 2.94. The molecule has 1 N–H and O–H groups in total. The zero-order valence-electron chi connectivity index (χ0n) is 10.8. The van der Waals surface area contributed by atoms with Crippen LogP contribution < -0.4 is 0 Å². The van der Waals surface area contributed by atoms with Gasteiger partial charge in [0.05, 0.1) is 5.69 Å². The summed E-state index contributed by atoms with van der Waals surface area (Å²) >= 11 is 6.94. The lowest BCUT2D eigenvalue weighted by molar-refractivity contribution is 0.211. The number of aliphatic hydroxyl groups is 1. The molecule has 0 aliphatic carbocycles. The van der Waals surface area contributed by atoms with Gasteiger partial charge in [0.25, 0.3) is 0 Å². The number of aliphatic hydroxyl groups excluding tert-OH is 1. The fourth-order valence-electron chi connectivity index (χ4n) is 2.11. The van der Waals surface area contributed by atoms with E-state index in [9.17, 15) is 9.50 Å². The first-order valence-electron chi connectivity index (χ1n) is 6.29. The molecule has 3 rings (SSSR count). The minimum Gasteiger partial charge on any atom is -0.382 e. The average molecular weight is 320 g/mol. The van der Waals surface area contributed by atoms with Crippen LogP contribution in [0.15, 0.2) is 53.9 Å². The largest absolute Gasteiger partial charge is 0.382 e. The molecule has 106 valence electrons. The minimum absolute atomic E-state index is 0.191. The van der Waals surface area contributed by atoms with E-state index in [-0.39, 0.29) is 5.56 Å². The second-order valence-electron chi connectivity index (χ2n) is 4.53. The lowest BCUT2D eigenvalue weighted by Crippen LogP contribution is -2.03. The molecule has 0 fully saturated rings. The predicted molar refractivity (Wildman–Crippen MR) is 83.0 cm³/mol. The number of halogens is 2. The van der Waals surface area contributed by atoms with Crippen molar-refractivity contribution in [3.8, 4) is 11.1 Å². The van der Waals surface area contributed by atoms with Gasteiger partial charge in [-0.25, -0.2) is 9.37 Å². The molecule has 0 saturated heterocycles. The van der Waals surface area contributed by atoms with Crippen LogP contribution >= 0.6 is 22.9 Å². The van der Waals surface area contributed by atoms with Crippen molar-refractivity contribution in [1.82, 2.24) is 4.98 Å². The Morgan fingerprint density at radius 2 is 1.86 bits per heavy atom. The van der Waals surface area contributed by atoms with Crippen LogP contribution in [-0.2, 0) is 0 Å². The molecule has 21 heavy (non-hydrogen) atoms. The fraction of sp³-hybridized carbons (Fsp3) is 0.0625. The summed E-state index contributed by atoms with van der Waals surface area (Å²) in [5.41, 5.74) is 2.24. The Bertz CT molecular complexity index is 760. The Balaban J connectivity index is 1.95. The van der Waals surface area contributed by atoms with E-state index in [2.05, 4.69) is 4.98 Å².